The zero-order valence-corrected chi connectivity index (χ0v) is 9.60. The topological polar surface area (TPSA) is 56.0 Å². The molecule has 0 saturated heterocycles. The van der Waals surface area contributed by atoms with Crippen LogP contribution in [0.15, 0.2) is 16.6 Å². The van der Waals surface area contributed by atoms with Crippen LogP contribution >= 0.6 is 27.5 Å². The lowest BCUT2D eigenvalue weighted by Crippen LogP contribution is -2.29. The second-order valence-electron chi connectivity index (χ2n) is 3.41. The normalized spacial score (nSPS) is 17.9. The monoisotopic (exact) mass is 274 g/mol. The van der Waals surface area contributed by atoms with Crippen molar-refractivity contribution in [2.45, 2.75) is 18.3 Å². The second-order valence-corrected chi connectivity index (χ2v) is 4.65. The molecule has 1 aliphatic carbocycles. The first-order chi connectivity index (χ1) is 6.56. The minimum Gasteiger partial charge on any atom is -0.369 e. The van der Waals surface area contributed by atoms with Gasteiger partial charge in [-0.25, -0.2) is 4.98 Å². The van der Waals surface area contributed by atoms with Crippen molar-refractivity contribution in [2.24, 2.45) is 5.73 Å². The van der Waals surface area contributed by atoms with Gasteiger partial charge in [-0.1, -0.05) is 11.6 Å². The Kier molecular flexibility index (Phi) is 2.27. The van der Waals surface area contributed by atoms with E-state index >= 15 is 0 Å². The Balaban J connectivity index is 2.51. The number of carbonyl (C=O) groups excluding carboxylic acids is 1. The molecular formula is C9H8BrClN2O. The van der Waals surface area contributed by atoms with E-state index in [9.17, 15) is 4.79 Å². The zero-order chi connectivity index (χ0) is 10.3. The molecule has 1 aromatic heterocycles. The molecule has 1 heterocycles. The fourth-order valence-electron chi connectivity index (χ4n) is 1.48. The van der Waals surface area contributed by atoms with Crippen molar-refractivity contribution in [1.29, 1.82) is 0 Å². The summed E-state index contributed by atoms with van der Waals surface area (Å²) < 4.78 is 0.790. The molecule has 74 valence electrons. The van der Waals surface area contributed by atoms with Gasteiger partial charge in [-0.3, -0.25) is 4.79 Å². The molecule has 0 spiro atoms. The molecule has 1 aliphatic rings. The number of nitrogens with two attached hydrogens (primary N) is 1. The highest BCUT2D eigenvalue weighted by Crippen LogP contribution is 2.49. The van der Waals surface area contributed by atoms with Crippen LogP contribution in [0.2, 0.25) is 5.15 Å². The maximum absolute atomic E-state index is 11.3. The maximum Gasteiger partial charge on any atom is 0.229 e. The molecule has 2 N–H and O–H groups in total. The molecule has 0 atom stereocenters. The van der Waals surface area contributed by atoms with Crippen LogP contribution < -0.4 is 5.73 Å². The summed E-state index contributed by atoms with van der Waals surface area (Å²) in [7, 11) is 0. The molecule has 1 amide bonds. The predicted octanol–water partition coefficient (Wildman–Crippen LogP) is 2.01. The lowest BCUT2D eigenvalue weighted by Gasteiger charge is -2.11. The number of rotatable bonds is 2. The van der Waals surface area contributed by atoms with Gasteiger partial charge in [0.25, 0.3) is 0 Å². The van der Waals surface area contributed by atoms with E-state index in [-0.39, 0.29) is 5.91 Å². The summed E-state index contributed by atoms with van der Waals surface area (Å²) in [6.45, 7) is 0. The first-order valence-electron chi connectivity index (χ1n) is 4.19. The van der Waals surface area contributed by atoms with E-state index in [2.05, 4.69) is 20.9 Å². The fourth-order valence-corrected chi connectivity index (χ4v) is 2.23. The molecule has 3 nitrogen and oxygen atoms in total. The van der Waals surface area contributed by atoms with Crippen molar-refractivity contribution in [3.8, 4) is 0 Å². The lowest BCUT2D eigenvalue weighted by atomic mass is 10.0. The number of carbonyl (C=O) groups is 1. The van der Waals surface area contributed by atoms with E-state index in [1.807, 2.05) is 0 Å². The van der Waals surface area contributed by atoms with Crippen LogP contribution in [-0.2, 0) is 10.2 Å². The van der Waals surface area contributed by atoms with Gasteiger partial charge in [0, 0.05) is 4.47 Å². The Morgan fingerprint density at radius 1 is 1.57 bits per heavy atom. The van der Waals surface area contributed by atoms with Crippen molar-refractivity contribution in [2.75, 3.05) is 0 Å². The number of pyridine rings is 1. The Labute approximate surface area is 94.8 Å². The van der Waals surface area contributed by atoms with Crippen LogP contribution in [0, 0.1) is 0 Å². The molecule has 0 aromatic carbocycles. The van der Waals surface area contributed by atoms with Gasteiger partial charge in [0.2, 0.25) is 5.91 Å². The van der Waals surface area contributed by atoms with Gasteiger partial charge in [-0.2, -0.15) is 0 Å². The number of hydrogen-bond acceptors (Lipinski definition) is 2. The molecule has 2 rings (SSSR count). The van der Waals surface area contributed by atoms with Gasteiger partial charge in [0.05, 0.1) is 11.1 Å². The summed E-state index contributed by atoms with van der Waals surface area (Å²) in [4.78, 5) is 15.4. The highest BCUT2D eigenvalue weighted by atomic mass is 79.9. The molecule has 1 saturated carbocycles. The molecule has 5 heteroatoms. The summed E-state index contributed by atoms with van der Waals surface area (Å²) in [5, 5.41) is 0.385. The first kappa shape index (κ1) is 9.93. The van der Waals surface area contributed by atoms with Crippen LogP contribution in [0.3, 0.4) is 0 Å². The zero-order valence-electron chi connectivity index (χ0n) is 7.26. The quantitative estimate of drug-likeness (QED) is 0.840. The van der Waals surface area contributed by atoms with Crippen molar-refractivity contribution < 1.29 is 4.79 Å². The highest BCUT2D eigenvalue weighted by Gasteiger charge is 2.52. The molecule has 0 radical (unpaired) electrons. The van der Waals surface area contributed by atoms with Gasteiger partial charge in [-0.05, 0) is 40.9 Å². The summed E-state index contributed by atoms with van der Waals surface area (Å²) in [6.07, 6.45) is 1.52. The van der Waals surface area contributed by atoms with E-state index in [0.29, 0.717) is 10.8 Å². The van der Waals surface area contributed by atoms with Gasteiger partial charge in [0.15, 0.2) is 0 Å². The smallest absolute Gasteiger partial charge is 0.229 e. The SMILES string of the molecule is NC(=O)C1(c2nc(Cl)ccc2Br)CC1. The third-order valence-electron chi connectivity index (χ3n) is 2.49. The fraction of sp³-hybridized carbons (Fsp3) is 0.333. The minimum atomic E-state index is -0.580. The third kappa shape index (κ3) is 1.42. The van der Waals surface area contributed by atoms with E-state index in [0.717, 1.165) is 17.3 Å². The Morgan fingerprint density at radius 3 is 2.71 bits per heavy atom. The molecule has 1 fully saturated rings. The average Bonchev–Trinajstić information content (AvgIpc) is 2.90. The van der Waals surface area contributed by atoms with Crippen LogP contribution in [0.4, 0.5) is 0 Å². The summed E-state index contributed by atoms with van der Waals surface area (Å²) in [5.41, 5.74) is 5.43. The first-order valence-corrected chi connectivity index (χ1v) is 5.36. The van der Waals surface area contributed by atoms with Gasteiger partial charge in [-0.15, -0.1) is 0 Å². The number of halogens is 2. The van der Waals surface area contributed by atoms with Crippen molar-refractivity contribution >= 4 is 33.4 Å². The number of hydrogen-bond donors (Lipinski definition) is 1. The maximum atomic E-state index is 11.3. The van der Waals surface area contributed by atoms with E-state index < -0.39 is 5.41 Å². The molecule has 0 unspecified atom stereocenters. The second kappa shape index (κ2) is 3.21. The van der Waals surface area contributed by atoms with Crippen molar-refractivity contribution in [1.82, 2.24) is 4.98 Å². The Morgan fingerprint density at radius 2 is 2.21 bits per heavy atom. The molecule has 0 aliphatic heterocycles. The largest absolute Gasteiger partial charge is 0.369 e. The van der Waals surface area contributed by atoms with E-state index in [1.165, 1.54) is 0 Å². The Bertz CT molecular complexity index is 404. The predicted molar refractivity (Wildman–Crippen MR) is 57.1 cm³/mol. The number of aromatic nitrogens is 1. The molecular weight excluding hydrogens is 267 g/mol. The van der Waals surface area contributed by atoms with Crippen molar-refractivity contribution in [3.05, 3.63) is 27.5 Å². The van der Waals surface area contributed by atoms with Crippen LogP contribution in [0.1, 0.15) is 18.5 Å². The van der Waals surface area contributed by atoms with Gasteiger partial charge >= 0.3 is 0 Å². The summed E-state index contributed by atoms with van der Waals surface area (Å²) >= 11 is 9.12. The average molecular weight is 276 g/mol. The van der Waals surface area contributed by atoms with Crippen LogP contribution in [0.25, 0.3) is 0 Å². The minimum absolute atomic E-state index is 0.326. The van der Waals surface area contributed by atoms with Gasteiger partial charge < -0.3 is 5.73 Å². The highest BCUT2D eigenvalue weighted by molar-refractivity contribution is 9.10. The molecule has 14 heavy (non-hydrogen) atoms. The van der Waals surface area contributed by atoms with Crippen molar-refractivity contribution in [3.63, 3.8) is 0 Å². The van der Waals surface area contributed by atoms with Gasteiger partial charge in [0.1, 0.15) is 5.15 Å². The van der Waals surface area contributed by atoms with Crippen LogP contribution in [-0.4, -0.2) is 10.9 Å². The summed E-state index contributed by atoms with van der Waals surface area (Å²) in [5.74, 6) is -0.326. The molecule has 1 aromatic rings. The number of primary amides is 1. The number of nitrogens with zero attached hydrogens (tertiary/aromatic N) is 1. The van der Waals surface area contributed by atoms with Crippen LogP contribution in [0.5, 0.6) is 0 Å². The number of amides is 1. The van der Waals surface area contributed by atoms with E-state index in [1.54, 1.807) is 12.1 Å². The standard InChI is InChI=1S/C9H8BrClN2O/c10-5-1-2-6(11)13-7(5)9(3-4-9)8(12)14/h1-2H,3-4H2,(H2,12,14). The summed E-state index contributed by atoms with van der Waals surface area (Å²) in [6, 6.07) is 3.46. The third-order valence-corrected chi connectivity index (χ3v) is 3.34. The lowest BCUT2D eigenvalue weighted by molar-refractivity contribution is -0.120. The van der Waals surface area contributed by atoms with E-state index in [4.69, 9.17) is 17.3 Å². The molecule has 0 bridgehead atoms. The Hall–Kier alpha value is -0.610.